The first kappa shape index (κ1) is 19.1. The molecule has 1 saturated heterocycles. The average Bonchev–Trinajstić information content (AvgIpc) is 3.22. The van der Waals surface area contributed by atoms with Crippen LogP contribution in [0.4, 0.5) is 4.39 Å². The lowest BCUT2D eigenvalue weighted by Crippen LogP contribution is -2.64. The molecule has 0 spiro atoms. The van der Waals surface area contributed by atoms with Crippen LogP contribution < -0.4 is 16.4 Å². The van der Waals surface area contributed by atoms with E-state index >= 15 is 0 Å². The molecule has 0 bridgehead atoms. The van der Waals surface area contributed by atoms with E-state index in [2.05, 4.69) is 10.6 Å². The van der Waals surface area contributed by atoms with Gasteiger partial charge in [0.15, 0.2) is 0 Å². The quantitative estimate of drug-likeness (QED) is 0.609. The van der Waals surface area contributed by atoms with Crippen LogP contribution in [0.2, 0.25) is 0 Å². The van der Waals surface area contributed by atoms with Crippen molar-refractivity contribution in [2.45, 2.75) is 50.1 Å². The molecule has 4 rings (SSSR count). The SMILES string of the molecule is NC(=O)C1([C@H](Cc2ccc(F)cc2)C(=O)C(=O)NC2CC2)NCC2CCCC21. The molecule has 0 aromatic heterocycles. The summed E-state index contributed by atoms with van der Waals surface area (Å²) in [5, 5.41) is 6.00. The third-order valence-electron chi connectivity index (χ3n) is 6.66. The van der Waals surface area contributed by atoms with Crippen molar-refractivity contribution in [3.8, 4) is 0 Å². The number of benzene rings is 1. The van der Waals surface area contributed by atoms with Crippen LogP contribution in [-0.2, 0) is 20.8 Å². The monoisotopic (exact) mass is 387 g/mol. The lowest BCUT2D eigenvalue weighted by atomic mass is 9.68. The molecule has 0 radical (unpaired) electrons. The van der Waals surface area contributed by atoms with Crippen LogP contribution in [0.25, 0.3) is 0 Å². The van der Waals surface area contributed by atoms with Gasteiger partial charge in [-0.2, -0.15) is 0 Å². The van der Waals surface area contributed by atoms with Gasteiger partial charge in [-0.15, -0.1) is 0 Å². The maximum Gasteiger partial charge on any atom is 0.287 e. The number of halogens is 1. The Balaban J connectivity index is 1.69. The minimum atomic E-state index is -1.24. The van der Waals surface area contributed by atoms with Gasteiger partial charge in [-0.05, 0) is 68.2 Å². The second-order valence-corrected chi connectivity index (χ2v) is 8.41. The Labute approximate surface area is 163 Å². The van der Waals surface area contributed by atoms with E-state index in [0.29, 0.717) is 12.1 Å². The first-order valence-corrected chi connectivity index (χ1v) is 10.1. The Morgan fingerprint density at radius 1 is 1.18 bits per heavy atom. The van der Waals surface area contributed by atoms with Crippen LogP contribution in [0.15, 0.2) is 24.3 Å². The summed E-state index contributed by atoms with van der Waals surface area (Å²) in [6.45, 7) is 0.616. The maximum absolute atomic E-state index is 13.3. The van der Waals surface area contributed by atoms with Crippen molar-refractivity contribution in [2.24, 2.45) is 23.5 Å². The molecule has 150 valence electrons. The second kappa shape index (κ2) is 7.28. The summed E-state index contributed by atoms with van der Waals surface area (Å²) in [6, 6.07) is 5.86. The van der Waals surface area contributed by atoms with Crippen molar-refractivity contribution in [1.29, 1.82) is 0 Å². The summed E-state index contributed by atoms with van der Waals surface area (Å²) in [5.74, 6) is -2.93. The number of Topliss-reactive ketones (excluding diaryl/α,β-unsaturated/α-hetero) is 1. The zero-order chi connectivity index (χ0) is 19.9. The van der Waals surface area contributed by atoms with Crippen molar-refractivity contribution < 1.29 is 18.8 Å². The molecule has 2 saturated carbocycles. The van der Waals surface area contributed by atoms with E-state index in [1.54, 1.807) is 12.1 Å². The molecule has 3 fully saturated rings. The van der Waals surface area contributed by atoms with Gasteiger partial charge in [0.1, 0.15) is 11.4 Å². The Morgan fingerprint density at radius 3 is 2.54 bits per heavy atom. The van der Waals surface area contributed by atoms with Crippen molar-refractivity contribution in [2.75, 3.05) is 6.54 Å². The number of amides is 2. The van der Waals surface area contributed by atoms with Gasteiger partial charge in [-0.3, -0.25) is 14.4 Å². The molecule has 1 aliphatic heterocycles. The number of fused-ring (bicyclic) bond motifs is 1. The van der Waals surface area contributed by atoms with Gasteiger partial charge in [-0.1, -0.05) is 18.6 Å². The van der Waals surface area contributed by atoms with Gasteiger partial charge in [0.05, 0.1) is 5.92 Å². The zero-order valence-corrected chi connectivity index (χ0v) is 15.7. The van der Waals surface area contributed by atoms with Crippen molar-refractivity contribution >= 4 is 17.6 Å². The molecule has 1 heterocycles. The predicted molar refractivity (Wildman–Crippen MR) is 101 cm³/mol. The third-order valence-corrected chi connectivity index (χ3v) is 6.66. The number of hydrogen-bond acceptors (Lipinski definition) is 4. The Kier molecular flexibility index (Phi) is 4.95. The molecule has 7 heteroatoms. The van der Waals surface area contributed by atoms with Crippen LogP contribution in [0, 0.1) is 23.6 Å². The first-order valence-electron chi connectivity index (χ1n) is 10.1. The van der Waals surface area contributed by atoms with E-state index < -0.39 is 29.1 Å². The number of carbonyl (C=O) groups is 3. The van der Waals surface area contributed by atoms with E-state index in [-0.39, 0.29) is 30.1 Å². The number of primary amides is 1. The molecular weight excluding hydrogens is 361 g/mol. The number of nitrogens with two attached hydrogens (primary N) is 1. The van der Waals surface area contributed by atoms with E-state index in [9.17, 15) is 18.8 Å². The predicted octanol–water partition coefficient (Wildman–Crippen LogP) is 1.08. The fraction of sp³-hybridized carbons (Fsp3) is 0.571. The Bertz CT molecular complexity index is 793. The van der Waals surface area contributed by atoms with Gasteiger partial charge in [0.25, 0.3) is 5.91 Å². The fourth-order valence-corrected chi connectivity index (χ4v) is 5.09. The van der Waals surface area contributed by atoms with Gasteiger partial charge < -0.3 is 16.4 Å². The smallest absolute Gasteiger partial charge is 0.287 e. The minimum absolute atomic E-state index is 0.0446. The second-order valence-electron chi connectivity index (χ2n) is 8.41. The fourth-order valence-electron chi connectivity index (χ4n) is 5.09. The highest BCUT2D eigenvalue weighted by atomic mass is 19.1. The van der Waals surface area contributed by atoms with Crippen molar-refractivity contribution in [3.05, 3.63) is 35.6 Å². The van der Waals surface area contributed by atoms with E-state index in [1.165, 1.54) is 12.1 Å². The number of rotatable bonds is 7. The first-order chi connectivity index (χ1) is 13.4. The third kappa shape index (κ3) is 3.32. The molecule has 4 atom stereocenters. The van der Waals surface area contributed by atoms with E-state index in [0.717, 1.165) is 32.1 Å². The van der Waals surface area contributed by atoms with Crippen LogP contribution in [0.3, 0.4) is 0 Å². The summed E-state index contributed by atoms with van der Waals surface area (Å²) in [5.41, 5.74) is 5.33. The zero-order valence-electron chi connectivity index (χ0n) is 15.7. The molecule has 6 nitrogen and oxygen atoms in total. The normalized spacial score (nSPS) is 29.9. The molecule has 3 aliphatic rings. The van der Waals surface area contributed by atoms with Gasteiger partial charge in [-0.25, -0.2) is 4.39 Å². The molecule has 3 unspecified atom stereocenters. The summed E-state index contributed by atoms with van der Waals surface area (Å²) < 4.78 is 13.3. The highest BCUT2D eigenvalue weighted by Crippen LogP contribution is 2.47. The van der Waals surface area contributed by atoms with E-state index in [1.807, 2.05) is 0 Å². The lowest BCUT2D eigenvalue weighted by Gasteiger charge is -2.38. The van der Waals surface area contributed by atoms with Gasteiger partial charge in [0.2, 0.25) is 11.7 Å². The van der Waals surface area contributed by atoms with E-state index in [4.69, 9.17) is 5.73 Å². The number of nitrogens with one attached hydrogen (secondary N) is 2. The van der Waals surface area contributed by atoms with Crippen LogP contribution in [0.1, 0.15) is 37.7 Å². The highest BCUT2D eigenvalue weighted by Gasteiger charge is 2.60. The lowest BCUT2D eigenvalue weighted by molar-refractivity contribution is -0.145. The average molecular weight is 387 g/mol. The number of carbonyl (C=O) groups excluding carboxylic acids is 3. The van der Waals surface area contributed by atoms with Crippen molar-refractivity contribution in [3.63, 3.8) is 0 Å². The summed E-state index contributed by atoms with van der Waals surface area (Å²) in [6.07, 6.45) is 4.67. The summed E-state index contributed by atoms with van der Waals surface area (Å²) >= 11 is 0. The standard InChI is InChI=1S/C21H26FN3O3/c22-14-6-4-12(5-7-14)10-17(18(26)19(27)25-15-8-9-15)21(20(23)28)16-3-1-2-13(16)11-24-21/h4-7,13,15-17,24H,1-3,8-11H2,(H2,23,28)(H,25,27)/t13?,16?,17-,21?/m1/s1. The number of ketones is 1. The summed E-state index contributed by atoms with van der Waals surface area (Å²) in [7, 11) is 0. The minimum Gasteiger partial charge on any atom is -0.368 e. The molecule has 4 N–H and O–H groups in total. The van der Waals surface area contributed by atoms with Gasteiger partial charge >= 0.3 is 0 Å². The Hall–Kier alpha value is -2.28. The van der Waals surface area contributed by atoms with Crippen LogP contribution in [-0.4, -0.2) is 35.7 Å². The van der Waals surface area contributed by atoms with Crippen molar-refractivity contribution in [1.82, 2.24) is 10.6 Å². The van der Waals surface area contributed by atoms with Crippen LogP contribution in [0.5, 0.6) is 0 Å². The number of hydrogen-bond donors (Lipinski definition) is 3. The maximum atomic E-state index is 13.3. The molecule has 1 aromatic rings. The molecule has 28 heavy (non-hydrogen) atoms. The molecule has 2 amide bonds. The molecule has 1 aromatic carbocycles. The topological polar surface area (TPSA) is 101 Å². The largest absolute Gasteiger partial charge is 0.368 e. The van der Waals surface area contributed by atoms with Crippen LogP contribution >= 0.6 is 0 Å². The molecular formula is C21H26FN3O3. The highest BCUT2D eigenvalue weighted by molar-refractivity contribution is 6.38. The molecule has 2 aliphatic carbocycles. The summed E-state index contributed by atoms with van der Waals surface area (Å²) in [4.78, 5) is 38.6. The van der Waals surface area contributed by atoms with Gasteiger partial charge in [0, 0.05) is 6.04 Å². The Morgan fingerprint density at radius 2 is 1.89 bits per heavy atom.